The van der Waals surface area contributed by atoms with Crippen LogP contribution in [0.3, 0.4) is 0 Å². The van der Waals surface area contributed by atoms with Crippen LogP contribution in [0.4, 0.5) is 11.6 Å². The zero-order chi connectivity index (χ0) is 31.0. The monoisotopic (exact) mass is 690 g/mol. The second-order valence-corrected chi connectivity index (χ2v) is 15.5. The molecule has 3 aliphatic rings. The number of nitrogens with zero attached hydrogens (tertiary/aromatic N) is 8. The van der Waals surface area contributed by atoms with E-state index in [1.807, 2.05) is 0 Å². The van der Waals surface area contributed by atoms with Gasteiger partial charge in [0.15, 0.2) is 35.4 Å². The molecule has 7 heterocycles. The second kappa shape index (κ2) is 11.1. The Kier molecular flexibility index (Phi) is 7.66. The van der Waals surface area contributed by atoms with E-state index in [1.54, 1.807) is 0 Å². The predicted octanol–water partition coefficient (Wildman–Crippen LogP) is -1.40. The molecule has 24 heteroatoms. The van der Waals surface area contributed by atoms with Gasteiger partial charge in [0.2, 0.25) is 0 Å². The molecule has 4 aromatic heterocycles. The Morgan fingerprint density at radius 1 is 0.705 bits per heavy atom. The predicted molar refractivity (Wildman–Crippen MR) is 154 cm³/mol. The van der Waals surface area contributed by atoms with E-state index < -0.39 is 75.7 Å². The maximum Gasteiger partial charge on any atom is 0.325 e. The molecule has 0 saturated carbocycles. The van der Waals surface area contributed by atoms with Crippen LogP contribution >= 0.6 is 13.4 Å². The highest BCUT2D eigenvalue weighted by molar-refractivity contribution is 8.07. The summed E-state index contributed by atoms with van der Waals surface area (Å²) in [6.07, 6.45) is -5.21. The topological polar surface area (TPSA) is 276 Å². The van der Waals surface area contributed by atoms with Gasteiger partial charge >= 0.3 is 13.4 Å². The minimum Gasteiger partial charge on any atom is -0.387 e. The van der Waals surface area contributed by atoms with E-state index in [1.165, 1.54) is 34.4 Å². The summed E-state index contributed by atoms with van der Waals surface area (Å²) in [6.45, 7) is -9.28. The highest BCUT2D eigenvalue weighted by Crippen LogP contribution is 2.54. The Hall–Kier alpha value is -2.40. The fraction of sp³-hybridized carbons (Fsp3) is 0.500. The number of aromatic nitrogens is 8. The highest BCUT2D eigenvalue weighted by atomic mass is 32.5. The van der Waals surface area contributed by atoms with Crippen LogP contribution in [-0.2, 0) is 51.2 Å². The largest absolute Gasteiger partial charge is 0.387 e. The smallest absolute Gasteiger partial charge is 0.325 e. The minimum atomic E-state index is -4.16. The van der Waals surface area contributed by atoms with Crippen LogP contribution in [0, 0.1) is 0 Å². The fourth-order valence-corrected chi connectivity index (χ4v) is 8.08. The second-order valence-electron chi connectivity index (χ2n) is 9.95. The summed E-state index contributed by atoms with van der Waals surface area (Å²) in [4.78, 5) is 46.6. The van der Waals surface area contributed by atoms with Crippen LogP contribution in [0.15, 0.2) is 25.3 Å². The van der Waals surface area contributed by atoms with E-state index >= 15 is 0 Å². The third kappa shape index (κ3) is 5.29. The van der Waals surface area contributed by atoms with Crippen molar-refractivity contribution < 1.29 is 47.6 Å². The Bertz CT molecular complexity index is 1830. The van der Waals surface area contributed by atoms with Crippen molar-refractivity contribution in [1.29, 1.82) is 0 Å². The van der Waals surface area contributed by atoms with Gasteiger partial charge in [-0.3, -0.25) is 18.2 Å². The van der Waals surface area contributed by atoms with Gasteiger partial charge in [0.05, 0.1) is 25.9 Å². The zero-order valence-electron chi connectivity index (χ0n) is 22.0. The van der Waals surface area contributed by atoms with Crippen LogP contribution in [0.25, 0.3) is 22.3 Å². The van der Waals surface area contributed by atoms with E-state index in [-0.39, 0.29) is 34.0 Å². The molecular formula is C20H24N10O10P2S2. The first kappa shape index (κ1) is 30.3. The van der Waals surface area contributed by atoms with Gasteiger partial charge < -0.3 is 50.0 Å². The van der Waals surface area contributed by atoms with Gasteiger partial charge in [0.25, 0.3) is 0 Å². The summed E-state index contributed by atoms with van der Waals surface area (Å²) in [5.41, 5.74) is 12.8. The molecule has 0 aromatic carbocycles. The van der Waals surface area contributed by atoms with Crippen molar-refractivity contribution in [3.8, 4) is 0 Å². The first-order chi connectivity index (χ1) is 20.9. The lowest BCUT2D eigenvalue weighted by Crippen LogP contribution is -2.36. The number of hydrogen-bond donors (Lipinski definition) is 6. The lowest BCUT2D eigenvalue weighted by Gasteiger charge is -2.28. The molecule has 0 radical (unpaired) electrons. The molecule has 3 aliphatic heterocycles. The summed E-state index contributed by atoms with van der Waals surface area (Å²) in [6, 6.07) is 0. The molecule has 10 atom stereocenters. The number of aliphatic hydroxyl groups is 2. The number of nitrogen functional groups attached to an aromatic ring is 2. The lowest BCUT2D eigenvalue weighted by molar-refractivity contribution is -0.0606. The Balaban J connectivity index is 1.20. The van der Waals surface area contributed by atoms with Crippen LogP contribution < -0.4 is 11.5 Å². The van der Waals surface area contributed by atoms with E-state index in [9.17, 15) is 20.0 Å². The fourth-order valence-electron chi connectivity index (χ4n) is 5.22. The molecule has 3 saturated heterocycles. The molecule has 3 fully saturated rings. The summed E-state index contributed by atoms with van der Waals surface area (Å²) in [7, 11) is 0. The van der Waals surface area contributed by atoms with E-state index in [0.717, 1.165) is 0 Å². The van der Waals surface area contributed by atoms with Gasteiger partial charge in [0.1, 0.15) is 60.3 Å². The van der Waals surface area contributed by atoms with Crippen molar-refractivity contribution in [2.45, 2.75) is 49.1 Å². The van der Waals surface area contributed by atoms with Crippen molar-refractivity contribution in [2.75, 3.05) is 24.7 Å². The number of rotatable bonds is 2. The quantitative estimate of drug-likeness (QED) is 0.132. The van der Waals surface area contributed by atoms with Crippen molar-refractivity contribution in [3.63, 3.8) is 0 Å². The molecule has 4 aromatic rings. The summed E-state index contributed by atoms with van der Waals surface area (Å²) in [5.74, 6) is 0.212. The molecule has 44 heavy (non-hydrogen) atoms. The molecule has 2 bridgehead atoms. The molecule has 20 nitrogen and oxygen atoms in total. The molecule has 0 aliphatic carbocycles. The number of fused-ring (bicyclic) bond motifs is 5. The maximum atomic E-state index is 11.3. The van der Waals surface area contributed by atoms with Gasteiger partial charge in [0, 0.05) is 0 Å². The van der Waals surface area contributed by atoms with Crippen molar-refractivity contribution in [2.24, 2.45) is 0 Å². The molecule has 10 unspecified atom stereocenters. The molecule has 8 N–H and O–H groups in total. The number of ether oxygens (including phenoxy) is 2. The van der Waals surface area contributed by atoms with Gasteiger partial charge in [-0.05, 0) is 23.6 Å². The number of anilines is 2. The van der Waals surface area contributed by atoms with Crippen molar-refractivity contribution in [1.82, 2.24) is 39.0 Å². The summed E-state index contributed by atoms with van der Waals surface area (Å²) in [5, 5.41) is 22.4. The van der Waals surface area contributed by atoms with Crippen molar-refractivity contribution in [3.05, 3.63) is 25.3 Å². The lowest BCUT2D eigenvalue weighted by atomic mass is 10.1. The summed E-state index contributed by atoms with van der Waals surface area (Å²) < 4.78 is 37.5. The van der Waals surface area contributed by atoms with Gasteiger partial charge in [-0.25, -0.2) is 29.9 Å². The molecule has 236 valence electrons. The van der Waals surface area contributed by atoms with E-state index in [2.05, 4.69) is 29.9 Å². The average molecular weight is 691 g/mol. The molecule has 0 spiro atoms. The molecule has 7 rings (SSSR count). The zero-order valence-corrected chi connectivity index (χ0v) is 25.4. The first-order valence-electron chi connectivity index (χ1n) is 12.8. The average Bonchev–Trinajstić information content (AvgIpc) is 3.73. The Morgan fingerprint density at radius 3 is 1.80 bits per heavy atom. The normalized spacial score (nSPS) is 38.3. The summed E-state index contributed by atoms with van der Waals surface area (Å²) >= 11 is 10.5. The Labute approximate surface area is 256 Å². The SMILES string of the molecule is Nc1ncnc2c1ncn2C1OC2COP(O)(=S)OC3C(O)C(COP(O)(=S)OC2C1O)OC3n1cnc2c(N)ncnc21. The number of hydrogen-bond acceptors (Lipinski definition) is 18. The van der Waals surface area contributed by atoms with Gasteiger partial charge in [-0.2, -0.15) is 0 Å². The van der Waals surface area contributed by atoms with E-state index in [4.69, 9.17) is 62.6 Å². The number of imidazole rings is 2. The molecular weight excluding hydrogens is 666 g/mol. The van der Waals surface area contributed by atoms with Gasteiger partial charge in [-0.15, -0.1) is 0 Å². The van der Waals surface area contributed by atoms with Crippen molar-refractivity contribution >= 4 is 71.0 Å². The number of aliphatic hydroxyl groups excluding tert-OH is 2. The van der Waals surface area contributed by atoms with Crippen LogP contribution in [0.1, 0.15) is 12.5 Å². The minimum absolute atomic E-state index is 0.103. The molecule has 0 amide bonds. The van der Waals surface area contributed by atoms with Crippen LogP contribution in [0.5, 0.6) is 0 Å². The third-order valence-corrected chi connectivity index (χ3v) is 10.4. The first-order valence-corrected chi connectivity index (χ1v) is 17.9. The standard InChI is InChI=1S/C20H24N10O10P2S2/c21-15-9-17(25-3-23-15)29(5-27-9)19-12(32)13-8(38-19)2-36-42(34,44)40-14-11(31)7(1-35-41(33,43)39-13)37-20(14)30-6-28-10-16(22)24-4-26-18(10)30/h3-8,11-14,19-20,31-32H,1-2H2,(H,33,43)(H,34,44)(H2,21,23,25)(H2,22,24,26). The highest BCUT2D eigenvalue weighted by Gasteiger charge is 2.52. The van der Waals surface area contributed by atoms with Gasteiger partial charge in [-0.1, -0.05) is 0 Å². The maximum absolute atomic E-state index is 11.3. The number of nitrogens with two attached hydrogens (primary N) is 2. The third-order valence-electron chi connectivity index (χ3n) is 7.26. The Morgan fingerprint density at radius 2 is 1.20 bits per heavy atom. The van der Waals surface area contributed by atoms with Crippen LogP contribution in [-0.4, -0.2) is 109 Å². The van der Waals surface area contributed by atoms with E-state index in [0.29, 0.717) is 0 Å². The van der Waals surface area contributed by atoms with Crippen LogP contribution in [0.2, 0.25) is 0 Å².